The van der Waals surface area contributed by atoms with Gasteiger partial charge in [-0.25, -0.2) is 4.39 Å². The van der Waals surface area contributed by atoms with E-state index in [1.54, 1.807) is 18.2 Å². The Morgan fingerprint density at radius 1 is 1.18 bits per heavy atom. The van der Waals surface area contributed by atoms with Crippen LogP contribution in [0.5, 0.6) is 0 Å². The first-order valence-electron chi connectivity index (χ1n) is 6.57. The highest BCUT2D eigenvalue weighted by atomic mass is 35.5. The van der Waals surface area contributed by atoms with Crippen LogP contribution in [0.4, 0.5) is 4.39 Å². The average Bonchev–Trinajstić information content (AvgIpc) is 3.05. The average molecular weight is 319 g/mol. The van der Waals surface area contributed by atoms with Gasteiger partial charge in [-0.15, -0.1) is 10.2 Å². The molecule has 0 bridgehead atoms. The normalized spacial score (nSPS) is 11.9. The van der Waals surface area contributed by atoms with Gasteiger partial charge in [0.1, 0.15) is 22.4 Å². The van der Waals surface area contributed by atoms with E-state index in [9.17, 15) is 4.39 Å². The maximum atomic E-state index is 13.2. The second-order valence-electron chi connectivity index (χ2n) is 4.79. The highest BCUT2D eigenvalue weighted by molar-refractivity contribution is 6.50. The molecule has 0 aliphatic carbocycles. The second-order valence-corrected chi connectivity index (χ2v) is 5.19. The van der Waals surface area contributed by atoms with Crippen molar-refractivity contribution in [2.24, 2.45) is 0 Å². The van der Waals surface area contributed by atoms with Crippen LogP contribution in [-0.2, 0) is 0 Å². The molecule has 0 N–H and O–H groups in total. The van der Waals surface area contributed by atoms with Crippen LogP contribution in [0, 0.1) is 19.7 Å². The number of aryl methyl sites for hydroxylation is 2. The number of aromatic nitrogens is 2. The first kappa shape index (κ1) is 14.5. The Morgan fingerprint density at radius 2 is 2.00 bits per heavy atom. The lowest BCUT2D eigenvalue weighted by Gasteiger charge is -1.95. The molecule has 6 heteroatoms. The summed E-state index contributed by atoms with van der Waals surface area (Å²) >= 11 is 6.16. The molecular weight excluding hydrogens is 307 g/mol. The van der Waals surface area contributed by atoms with Crippen LogP contribution in [0.2, 0.25) is 0 Å². The van der Waals surface area contributed by atoms with Crippen molar-refractivity contribution in [1.29, 1.82) is 0 Å². The van der Waals surface area contributed by atoms with Crippen molar-refractivity contribution in [1.82, 2.24) is 10.2 Å². The highest BCUT2D eigenvalue weighted by Crippen LogP contribution is 2.28. The Labute approximate surface area is 131 Å². The van der Waals surface area contributed by atoms with Crippen LogP contribution in [0.25, 0.3) is 22.6 Å². The van der Waals surface area contributed by atoms with Crippen LogP contribution in [0.15, 0.2) is 39.2 Å². The number of hydrogen-bond donors (Lipinski definition) is 0. The van der Waals surface area contributed by atoms with E-state index in [1.165, 1.54) is 12.1 Å². The van der Waals surface area contributed by atoms with E-state index in [-0.39, 0.29) is 16.7 Å². The monoisotopic (exact) mass is 318 g/mol. The van der Waals surface area contributed by atoms with Crippen molar-refractivity contribution in [3.63, 3.8) is 0 Å². The number of halogens is 2. The molecule has 0 saturated heterocycles. The molecule has 0 radical (unpaired) electrons. The SMILES string of the molecule is Cc1cc(-c2nnc(/C(Cl)=C/c3cccc(F)c3)o2)c(C)o1. The summed E-state index contributed by atoms with van der Waals surface area (Å²) in [5.41, 5.74) is 1.34. The molecule has 3 rings (SSSR count). The zero-order chi connectivity index (χ0) is 15.7. The van der Waals surface area contributed by atoms with Crippen molar-refractivity contribution >= 4 is 22.7 Å². The van der Waals surface area contributed by atoms with Crippen LogP contribution in [0.1, 0.15) is 23.0 Å². The van der Waals surface area contributed by atoms with Gasteiger partial charge in [-0.2, -0.15) is 0 Å². The van der Waals surface area contributed by atoms with E-state index in [1.807, 2.05) is 19.9 Å². The summed E-state index contributed by atoms with van der Waals surface area (Å²) in [7, 11) is 0. The van der Waals surface area contributed by atoms with E-state index in [4.69, 9.17) is 20.4 Å². The summed E-state index contributed by atoms with van der Waals surface area (Å²) in [6.07, 6.45) is 1.56. The molecule has 0 amide bonds. The van der Waals surface area contributed by atoms with Crippen molar-refractivity contribution in [2.75, 3.05) is 0 Å². The lowest BCUT2D eigenvalue weighted by Crippen LogP contribution is -1.79. The largest absolute Gasteiger partial charge is 0.466 e. The molecular formula is C16H12ClFN2O2. The molecule has 2 aromatic heterocycles. The highest BCUT2D eigenvalue weighted by Gasteiger charge is 2.16. The standard InChI is InChI=1S/C16H12ClFN2O2/c1-9-6-13(10(2)21-9)15-19-20-16(22-15)14(17)8-11-4-3-5-12(18)7-11/h3-8H,1-2H3/b14-8-. The smallest absolute Gasteiger partial charge is 0.259 e. The zero-order valence-electron chi connectivity index (χ0n) is 11.9. The fourth-order valence-corrected chi connectivity index (χ4v) is 2.28. The minimum atomic E-state index is -0.339. The molecule has 0 saturated carbocycles. The number of hydrogen-bond acceptors (Lipinski definition) is 4. The summed E-state index contributed by atoms with van der Waals surface area (Å²) in [6.45, 7) is 3.65. The van der Waals surface area contributed by atoms with Gasteiger partial charge in [-0.05, 0) is 43.7 Å². The van der Waals surface area contributed by atoms with E-state index in [0.717, 1.165) is 11.3 Å². The third kappa shape index (κ3) is 2.94. The topological polar surface area (TPSA) is 52.1 Å². The first-order chi connectivity index (χ1) is 10.5. The molecule has 0 atom stereocenters. The molecule has 22 heavy (non-hydrogen) atoms. The van der Waals surface area contributed by atoms with Crippen molar-refractivity contribution in [2.45, 2.75) is 13.8 Å². The third-order valence-corrected chi connectivity index (χ3v) is 3.31. The van der Waals surface area contributed by atoms with Crippen LogP contribution in [0.3, 0.4) is 0 Å². The maximum absolute atomic E-state index is 13.2. The van der Waals surface area contributed by atoms with Gasteiger partial charge >= 0.3 is 0 Å². The minimum absolute atomic E-state index is 0.166. The third-order valence-electron chi connectivity index (χ3n) is 3.04. The van der Waals surface area contributed by atoms with Gasteiger partial charge in [0.05, 0.1) is 5.56 Å². The molecule has 1 aromatic carbocycles. The molecule has 0 spiro atoms. The zero-order valence-corrected chi connectivity index (χ0v) is 12.7. The fourth-order valence-electron chi connectivity index (χ4n) is 2.08. The van der Waals surface area contributed by atoms with Crippen molar-refractivity contribution < 1.29 is 13.2 Å². The molecule has 0 aliphatic heterocycles. The molecule has 112 valence electrons. The van der Waals surface area contributed by atoms with Crippen LogP contribution >= 0.6 is 11.6 Å². The Bertz CT molecular complexity index is 851. The second kappa shape index (κ2) is 5.77. The van der Waals surface area contributed by atoms with Crippen LogP contribution < -0.4 is 0 Å². The Balaban J connectivity index is 1.92. The fraction of sp³-hybridized carbons (Fsp3) is 0.125. The minimum Gasteiger partial charge on any atom is -0.466 e. The Morgan fingerprint density at radius 3 is 2.68 bits per heavy atom. The predicted octanol–water partition coefficient (Wildman–Crippen LogP) is 4.82. The van der Waals surface area contributed by atoms with Crippen molar-refractivity contribution in [3.05, 3.63) is 59.1 Å². The summed E-state index contributed by atoms with van der Waals surface area (Å²) in [5, 5.41) is 8.11. The molecule has 4 nitrogen and oxygen atoms in total. The Hall–Kier alpha value is -2.40. The number of furan rings is 1. The molecule has 0 aliphatic rings. The quantitative estimate of drug-likeness (QED) is 0.694. The molecule has 3 aromatic rings. The van der Waals surface area contributed by atoms with Gasteiger partial charge in [0.2, 0.25) is 0 Å². The molecule has 2 heterocycles. The lowest BCUT2D eigenvalue weighted by atomic mass is 10.2. The summed E-state index contributed by atoms with van der Waals surface area (Å²) in [5.74, 6) is 1.61. The van der Waals surface area contributed by atoms with Gasteiger partial charge in [0.25, 0.3) is 11.8 Å². The summed E-state index contributed by atoms with van der Waals surface area (Å²) in [6, 6.07) is 7.87. The maximum Gasteiger partial charge on any atom is 0.259 e. The van der Waals surface area contributed by atoms with E-state index in [0.29, 0.717) is 17.2 Å². The lowest BCUT2D eigenvalue weighted by molar-refractivity contribution is 0.502. The number of benzene rings is 1. The van der Waals surface area contributed by atoms with Gasteiger partial charge < -0.3 is 8.83 Å². The summed E-state index contributed by atoms with van der Waals surface area (Å²) < 4.78 is 24.1. The number of rotatable bonds is 3. The van der Waals surface area contributed by atoms with E-state index < -0.39 is 0 Å². The predicted molar refractivity (Wildman–Crippen MR) is 81.6 cm³/mol. The van der Waals surface area contributed by atoms with Crippen molar-refractivity contribution in [3.8, 4) is 11.5 Å². The van der Waals surface area contributed by atoms with Gasteiger partial charge in [0.15, 0.2) is 0 Å². The van der Waals surface area contributed by atoms with E-state index in [2.05, 4.69) is 10.2 Å². The number of nitrogens with zero attached hydrogens (tertiary/aromatic N) is 2. The Kier molecular flexibility index (Phi) is 3.81. The van der Waals surface area contributed by atoms with Gasteiger partial charge in [-0.1, -0.05) is 23.7 Å². The van der Waals surface area contributed by atoms with Crippen LogP contribution in [-0.4, -0.2) is 10.2 Å². The molecule has 0 unspecified atom stereocenters. The van der Waals surface area contributed by atoms with Gasteiger partial charge in [-0.3, -0.25) is 0 Å². The first-order valence-corrected chi connectivity index (χ1v) is 6.95. The van der Waals surface area contributed by atoms with Gasteiger partial charge in [0, 0.05) is 0 Å². The molecule has 0 fully saturated rings. The summed E-state index contributed by atoms with van der Waals surface area (Å²) in [4.78, 5) is 0. The van der Waals surface area contributed by atoms with E-state index >= 15 is 0 Å².